The van der Waals surface area contributed by atoms with Gasteiger partial charge in [0, 0.05) is 6.42 Å². The molecule has 0 aromatic heterocycles. The van der Waals surface area contributed by atoms with E-state index in [1.165, 1.54) is 12.1 Å². The van der Waals surface area contributed by atoms with Crippen molar-refractivity contribution in [2.24, 2.45) is 0 Å². The minimum Gasteiger partial charge on any atom is -0.491 e. The first kappa shape index (κ1) is 20.5. The summed E-state index contributed by atoms with van der Waals surface area (Å²) in [6.07, 6.45) is -10.1. The molecule has 0 saturated heterocycles. The maximum Gasteiger partial charge on any atom is 0.459 e. The lowest BCUT2D eigenvalue weighted by Gasteiger charge is -2.29. The molecule has 0 spiro atoms. The summed E-state index contributed by atoms with van der Waals surface area (Å²) in [5, 5.41) is 9.58. The van der Waals surface area contributed by atoms with E-state index >= 15 is 0 Å². The van der Waals surface area contributed by atoms with Gasteiger partial charge in [0.25, 0.3) is 0 Å². The number of benzene rings is 1. The number of halogens is 7. The average molecular weight is 362 g/mol. The molecule has 138 valence electrons. The molecule has 1 aromatic carbocycles. The van der Waals surface area contributed by atoms with Crippen molar-refractivity contribution in [1.82, 2.24) is 0 Å². The van der Waals surface area contributed by atoms with E-state index in [0.717, 1.165) is 12.1 Å². The maximum absolute atomic E-state index is 13.3. The lowest BCUT2D eigenvalue weighted by Crippen LogP contribution is -2.52. The first-order chi connectivity index (χ1) is 10.8. The normalized spacial score (nSPS) is 15.9. The molecule has 0 amide bonds. The summed E-state index contributed by atoms with van der Waals surface area (Å²) in [6, 6.07) is 4.88. The highest BCUT2D eigenvalue weighted by molar-refractivity contribution is 5.29. The summed E-state index contributed by atoms with van der Waals surface area (Å²) in [5.74, 6) is -11.3. The number of hydrogen-bond acceptors (Lipinski definition) is 2. The van der Waals surface area contributed by atoms with Gasteiger partial charge in [-0.25, -0.2) is 0 Å². The molecule has 0 fully saturated rings. The number of hydrogen-bond donors (Lipinski definition) is 1. The highest BCUT2D eigenvalue weighted by Gasteiger charge is 2.72. The van der Waals surface area contributed by atoms with Gasteiger partial charge in [-0.15, -0.1) is 0 Å². The quantitative estimate of drug-likeness (QED) is 0.682. The van der Waals surface area contributed by atoms with Crippen molar-refractivity contribution in [1.29, 1.82) is 0 Å². The van der Waals surface area contributed by atoms with Gasteiger partial charge in [-0.2, -0.15) is 30.7 Å². The Morgan fingerprint density at radius 3 is 1.92 bits per heavy atom. The van der Waals surface area contributed by atoms with Gasteiger partial charge in [0.1, 0.15) is 5.75 Å². The molecule has 1 aromatic rings. The van der Waals surface area contributed by atoms with Crippen LogP contribution in [0.4, 0.5) is 30.7 Å². The summed E-state index contributed by atoms with van der Waals surface area (Å²) in [4.78, 5) is 0. The molecule has 0 aliphatic rings. The Kier molecular flexibility index (Phi) is 6.13. The Morgan fingerprint density at radius 1 is 1.00 bits per heavy atom. The van der Waals surface area contributed by atoms with Gasteiger partial charge < -0.3 is 9.84 Å². The number of rotatable bonds is 7. The second-order valence-corrected chi connectivity index (χ2v) is 5.40. The Morgan fingerprint density at radius 2 is 1.50 bits per heavy atom. The Balaban J connectivity index is 2.85. The van der Waals surface area contributed by atoms with Crippen LogP contribution in [-0.4, -0.2) is 29.2 Å². The Hall–Kier alpha value is -1.51. The summed E-state index contributed by atoms with van der Waals surface area (Å²) < 4.78 is 93.8. The van der Waals surface area contributed by atoms with Crippen molar-refractivity contribution in [3.8, 4) is 5.75 Å². The second kappa shape index (κ2) is 7.16. The largest absolute Gasteiger partial charge is 0.491 e. The van der Waals surface area contributed by atoms with Gasteiger partial charge in [-0.1, -0.05) is 19.1 Å². The average Bonchev–Trinajstić information content (AvgIpc) is 2.45. The zero-order valence-electron chi connectivity index (χ0n) is 12.9. The van der Waals surface area contributed by atoms with Crippen LogP contribution in [0.2, 0.25) is 0 Å². The van der Waals surface area contributed by atoms with Crippen LogP contribution < -0.4 is 4.74 Å². The minimum atomic E-state index is -6.41. The Bertz CT molecular complexity index is 526. The van der Waals surface area contributed by atoms with E-state index in [2.05, 4.69) is 0 Å². The number of aliphatic hydroxyl groups is 1. The van der Waals surface area contributed by atoms with E-state index in [9.17, 15) is 35.8 Å². The lowest BCUT2D eigenvalue weighted by atomic mass is 9.98. The molecule has 2 unspecified atom stereocenters. The zero-order chi connectivity index (χ0) is 18.8. The monoisotopic (exact) mass is 362 g/mol. The fourth-order valence-corrected chi connectivity index (χ4v) is 1.78. The number of ether oxygens (including phenoxy) is 1. The van der Waals surface area contributed by atoms with Crippen molar-refractivity contribution in [2.75, 3.05) is 0 Å². The van der Waals surface area contributed by atoms with Crippen molar-refractivity contribution >= 4 is 0 Å². The summed E-state index contributed by atoms with van der Waals surface area (Å²) in [6.45, 7) is 3.65. The summed E-state index contributed by atoms with van der Waals surface area (Å²) in [7, 11) is 0. The predicted molar refractivity (Wildman–Crippen MR) is 72.3 cm³/mol. The summed E-state index contributed by atoms with van der Waals surface area (Å²) >= 11 is 0. The molecule has 1 rings (SSSR count). The van der Waals surface area contributed by atoms with Crippen LogP contribution in [0.3, 0.4) is 0 Å². The van der Waals surface area contributed by atoms with Crippen LogP contribution in [0.1, 0.15) is 38.4 Å². The second-order valence-electron chi connectivity index (χ2n) is 5.40. The van der Waals surface area contributed by atoms with E-state index in [1.54, 1.807) is 6.92 Å². The van der Waals surface area contributed by atoms with Gasteiger partial charge in [-0.05, 0) is 31.0 Å². The van der Waals surface area contributed by atoms with E-state index in [-0.39, 0.29) is 11.7 Å². The smallest absolute Gasteiger partial charge is 0.459 e. The third kappa shape index (κ3) is 4.52. The van der Waals surface area contributed by atoms with Crippen LogP contribution >= 0.6 is 0 Å². The first-order valence-electron chi connectivity index (χ1n) is 7.09. The topological polar surface area (TPSA) is 29.5 Å². The molecule has 2 atom stereocenters. The first-order valence-corrected chi connectivity index (χ1v) is 7.09. The molecule has 0 radical (unpaired) electrons. The van der Waals surface area contributed by atoms with E-state index in [0.29, 0.717) is 12.2 Å². The van der Waals surface area contributed by atoms with Crippen molar-refractivity contribution < 1.29 is 40.6 Å². The van der Waals surface area contributed by atoms with Crippen molar-refractivity contribution in [3.05, 3.63) is 29.8 Å². The third-order valence-corrected chi connectivity index (χ3v) is 3.44. The molecule has 2 nitrogen and oxygen atoms in total. The SMILES string of the molecule is CCC(C)Oc1ccc(C(O)CC(F)(F)C(F)(F)C(F)(F)F)cc1. The van der Waals surface area contributed by atoms with Gasteiger partial charge in [0.2, 0.25) is 0 Å². The molecule has 1 N–H and O–H groups in total. The van der Waals surface area contributed by atoms with Crippen LogP contribution in [0.25, 0.3) is 0 Å². The lowest BCUT2D eigenvalue weighted by molar-refractivity contribution is -0.358. The third-order valence-electron chi connectivity index (χ3n) is 3.44. The van der Waals surface area contributed by atoms with Crippen LogP contribution in [0.5, 0.6) is 5.75 Å². The Labute approximate surface area is 134 Å². The van der Waals surface area contributed by atoms with Crippen molar-refractivity contribution in [2.45, 2.75) is 56.9 Å². The molecule has 0 aliphatic carbocycles. The fourth-order valence-electron chi connectivity index (χ4n) is 1.78. The van der Waals surface area contributed by atoms with Gasteiger partial charge >= 0.3 is 18.0 Å². The van der Waals surface area contributed by atoms with Gasteiger partial charge in [0.15, 0.2) is 0 Å². The molecule has 0 heterocycles. The van der Waals surface area contributed by atoms with Crippen LogP contribution in [-0.2, 0) is 0 Å². The number of aliphatic hydroxyl groups excluding tert-OH is 1. The standard InChI is InChI=1S/C15H17F7O2/c1-3-9(2)24-11-6-4-10(5-7-11)12(23)8-13(16,17)14(18,19)15(20,21)22/h4-7,9,12,23H,3,8H2,1-2H3. The van der Waals surface area contributed by atoms with Crippen molar-refractivity contribution in [3.63, 3.8) is 0 Å². The molecule has 0 aliphatic heterocycles. The van der Waals surface area contributed by atoms with E-state index in [1.807, 2.05) is 6.92 Å². The maximum atomic E-state index is 13.3. The molecule has 9 heteroatoms. The highest BCUT2D eigenvalue weighted by Crippen LogP contribution is 2.49. The molecule has 0 bridgehead atoms. The zero-order valence-corrected chi connectivity index (χ0v) is 12.9. The minimum absolute atomic E-state index is 0.129. The predicted octanol–water partition coefficient (Wildman–Crippen LogP) is 5.12. The number of alkyl halides is 7. The van der Waals surface area contributed by atoms with Gasteiger partial charge in [0.05, 0.1) is 12.2 Å². The molecule has 0 saturated carbocycles. The fraction of sp³-hybridized carbons (Fsp3) is 0.600. The van der Waals surface area contributed by atoms with Crippen LogP contribution in [0, 0.1) is 0 Å². The molecule has 24 heavy (non-hydrogen) atoms. The van der Waals surface area contributed by atoms with E-state index in [4.69, 9.17) is 4.74 Å². The molecular weight excluding hydrogens is 345 g/mol. The molecular formula is C15H17F7O2. The highest BCUT2D eigenvalue weighted by atomic mass is 19.4. The van der Waals surface area contributed by atoms with Crippen LogP contribution in [0.15, 0.2) is 24.3 Å². The van der Waals surface area contributed by atoms with E-state index < -0.39 is 30.5 Å². The summed E-state index contributed by atoms with van der Waals surface area (Å²) in [5.41, 5.74) is -0.218. The van der Waals surface area contributed by atoms with Gasteiger partial charge in [-0.3, -0.25) is 0 Å².